The quantitative estimate of drug-likeness (QED) is 0.894. The first-order valence-corrected chi connectivity index (χ1v) is 8.24. The van der Waals surface area contributed by atoms with Crippen LogP contribution >= 0.6 is 0 Å². The Balaban J connectivity index is 1.49. The molecule has 1 saturated carbocycles. The Hall–Kier alpha value is -1.35. The summed E-state index contributed by atoms with van der Waals surface area (Å²) in [5.41, 5.74) is 2.79. The summed E-state index contributed by atoms with van der Waals surface area (Å²) in [6.45, 7) is 0.291. The average Bonchev–Trinajstić information content (AvgIpc) is 2.91. The van der Waals surface area contributed by atoms with Crippen LogP contribution in [0.2, 0.25) is 0 Å². The van der Waals surface area contributed by atoms with Crippen LogP contribution in [0.25, 0.3) is 0 Å². The summed E-state index contributed by atoms with van der Waals surface area (Å²) in [4.78, 5) is 12.3. The lowest BCUT2D eigenvalue weighted by atomic mass is 9.86. The van der Waals surface area contributed by atoms with Crippen molar-refractivity contribution < 1.29 is 9.90 Å². The molecule has 3 heteroatoms. The molecule has 0 heterocycles. The Morgan fingerprint density at radius 2 is 1.90 bits per heavy atom. The molecule has 1 unspecified atom stereocenters. The molecular weight excluding hydrogens is 262 g/mol. The fourth-order valence-electron chi connectivity index (χ4n) is 3.86. The first-order valence-electron chi connectivity index (χ1n) is 8.24. The maximum Gasteiger partial charge on any atom is 0.220 e. The predicted molar refractivity (Wildman–Crippen MR) is 83.1 cm³/mol. The molecule has 2 N–H and O–H groups in total. The number of carbonyl (C=O) groups is 1. The van der Waals surface area contributed by atoms with E-state index in [4.69, 9.17) is 5.11 Å². The molecule has 0 bridgehead atoms. The zero-order chi connectivity index (χ0) is 14.7. The summed E-state index contributed by atoms with van der Waals surface area (Å²) in [6.07, 6.45) is 6.93. The van der Waals surface area contributed by atoms with Crippen LogP contribution in [0, 0.1) is 5.92 Å². The second-order valence-corrected chi connectivity index (χ2v) is 6.61. The number of amides is 1. The van der Waals surface area contributed by atoms with Gasteiger partial charge in [-0.1, -0.05) is 24.3 Å². The molecule has 114 valence electrons. The summed E-state index contributed by atoms with van der Waals surface area (Å²) in [7, 11) is 0. The van der Waals surface area contributed by atoms with Crippen molar-refractivity contribution >= 4 is 5.91 Å². The van der Waals surface area contributed by atoms with Crippen LogP contribution in [-0.2, 0) is 11.2 Å². The minimum Gasteiger partial charge on any atom is -0.396 e. The van der Waals surface area contributed by atoms with Crippen molar-refractivity contribution in [3.05, 3.63) is 35.4 Å². The number of aliphatic hydroxyl groups excluding tert-OH is 1. The SMILES string of the molecule is O=C(CC1CCc2ccccc21)NC1CCC(CO)CC1. The minimum atomic E-state index is 0.198. The molecule has 0 radical (unpaired) electrons. The van der Waals surface area contributed by atoms with E-state index in [2.05, 4.69) is 29.6 Å². The zero-order valence-corrected chi connectivity index (χ0v) is 12.6. The van der Waals surface area contributed by atoms with Gasteiger partial charge in [-0.05, 0) is 61.5 Å². The highest BCUT2D eigenvalue weighted by Gasteiger charge is 2.26. The lowest BCUT2D eigenvalue weighted by Gasteiger charge is -2.28. The largest absolute Gasteiger partial charge is 0.396 e. The molecule has 21 heavy (non-hydrogen) atoms. The van der Waals surface area contributed by atoms with E-state index in [0.717, 1.165) is 38.5 Å². The molecule has 1 fully saturated rings. The van der Waals surface area contributed by atoms with Crippen LogP contribution in [0.1, 0.15) is 55.6 Å². The Morgan fingerprint density at radius 3 is 2.67 bits per heavy atom. The highest BCUT2D eigenvalue weighted by atomic mass is 16.3. The summed E-state index contributed by atoms with van der Waals surface area (Å²) in [5.74, 6) is 1.04. The Bertz CT molecular complexity index is 492. The lowest BCUT2D eigenvalue weighted by Crippen LogP contribution is -2.38. The third-order valence-corrected chi connectivity index (χ3v) is 5.16. The monoisotopic (exact) mass is 287 g/mol. The number of aryl methyl sites for hydroxylation is 1. The number of nitrogens with one attached hydrogen (secondary N) is 1. The van der Waals surface area contributed by atoms with E-state index in [1.54, 1.807) is 0 Å². The van der Waals surface area contributed by atoms with Crippen molar-refractivity contribution in [3.63, 3.8) is 0 Å². The maximum atomic E-state index is 12.3. The van der Waals surface area contributed by atoms with Crippen molar-refractivity contribution in [1.29, 1.82) is 0 Å². The van der Waals surface area contributed by atoms with Gasteiger partial charge in [0.1, 0.15) is 0 Å². The van der Waals surface area contributed by atoms with E-state index in [1.165, 1.54) is 11.1 Å². The van der Waals surface area contributed by atoms with E-state index < -0.39 is 0 Å². The summed E-state index contributed by atoms with van der Waals surface area (Å²) in [5, 5.41) is 12.4. The summed E-state index contributed by atoms with van der Waals surface area (Å²) in [6, 6.07) is 8.83. The van der Waals surface area contributed by atoms with E-state index in [-0.39, 0.29) is 5.91 Å². The second-order valence-electron chi connectivity index (χ2n) is 6.61. The molecule has 0 aliphatic heterocycles. The minimum absolute atomic E-state index is 0.198. The summed E-state index contributed by atoms with van der Waals surface area (Å²) < 4.78 is 0. The van der Waals surface area contributed by atoms with Crippen LogP contribution in [0.3, 0.4) is 0 Å². The number of aliphatic hydroxyl groups is 1. The number of benzene rings is 1. The van der Waals surface area contributed by atoms with Gasteiger partial charge in [0.25, 0.3) is 0 Å². The fourth-order valence-corrected chi connectivity index (χ4v) is 3.86. The fraction of sp³-hybridized carbons (Fsp3) is 0.611. The van der Waals surface area contributed by atoms with E-state index in [1.807, 2.05) is 0 Å². The van der Waals surface area contributed by atoms with Crippen molar-refractivity contribution in [1.82, 2.24) is 5.32 Å². The highest BCUT2D eigenvalue weighted by Crippen LogP contribution is 2.35. The zero-order valence-electron chi connectivity index (χ0n) is 12.6. The molecule has 3 nitrogen and oxygen atoms in total. The summed E-state index contributed by atoms with van der Waals surface area (Å²) >= 11 is 0. The third-order valence-electron chi connectivity index (χ3n) is 5.16. The second kappa shape index (κ2) is 6.61. The molecule has 0 saturated heterocycles. The smallest absolute Gasteiger partial charge is 0.220 e. The van der Waals surface area contributed by atoms with Gasteiger partial charge in [0.15, 0.2) is 0 Å². The van der Waals surface area contributed by atoms with Gasteiger partial charge in [0, 0.05) is 19.1 Å². The molecule has 1 aromatic carbocycles. The first kappa shape index (κ1) is 14.6. The van der Waals surface area contributed by atoms with Gasteiger partial charge in [0.2, 0.25) is 5.91 Å². The predicted octanol–water partition coefficient (Wildman–Crippen LogP) is 2.77. The van der Waals surface area contributed by atoms with Gasteiger partial charge in [-0.15, -0.1) is 0 Å². The standard InChI is InChI=1S/C18H25NO2/c20-12-13-5-9-16(10-6-13)19-18(21)11-15-8-7-14-3-1-2-4-17(14)15/h1-4,13,15-16,20H,5-12H2,(H,19,21). The molecular formula is C18H25NO2. The normalized spacial score (nSPS) is 28.1. The van der Waals surface area contributed by atoms with Gasteiger partial charge in [0.05, 0.1) is 0 Å². The number of rotatable bonds is 4. The Morgan fingerprint density at radius 1 is 1.14 bits per heavy atom. The highest BCUT2D eigenvalue weighted by molar-refractivity contribution is 5.77. The molecule has 0 aromatic heterocycles. The number of hydrogen-bond acceptors (Lipinski definition) is 2. The number of fused-ring (bicyclic) bond motifs is 1. The van der Waals surface area contributed by atoms with E-state index in [0.29, 0.717) is 30.9 Å². The van der Waals surface area contributed by atoms with Crippen molar-refractivity contribution in [2.75, 3.05) is 6.61 Å². The lowest BCUT2D eigenvalue weighted by molar-refractivity contribution is -0.122. The molecule has 3 rings (SSSR count). The van der Waals surface area contributed by atoms with Gasteiger partial charge in [-0.25, -0.2) is 0 Å². The van der Waals surface area contributed by atoms with E-state index in [9.17, 15) is 4.79 Å². The van der Waals surface area contributed by atoms with Crippen LogP contribution in [0.5, 0.6) is 0 Å². The number of hydrogen-bond donors (Lipinski definition) is 2. The molecule has 0 spiro atoms. The van der Waals surface area contributed by atoms with Crippen molar-refractivity contribution in [3.8, 4) is 0 Å². The molecule has 2 aliphatic rings. The van der Waals surface area contributed by atoms with Crippen molar-refractivity contribution in [2.24, 2.45) is 5.92 Å². The van der Waals surface area contributed by atoms with Gasteiger partial charge < -0.3 is 10.4 Å². The third kappa shape index (κ3) is 3.46. The molecule has 1 aromatic rings. The first-order chi connectivity index (χ1) is 10.3. The topological polar surface area (TPSA) is 49.3 Å². The molecule has 1 atom stereocenters. The Kier molecular flexibility index (Phi) is 4.59. The van der Waals surface area contributed by atoms with Gasteiger partial charge >= 0.3 is 0 Å². The molecule has 2 aliphatic carbocycles. The van der Waals surface area contributed by atoms with E-state index >= 15 is 0 Å². The van der Waals surface area contributed by atoms with Crippen LogP contribution in [-0.4, -0.2) is 23.7 Å². The van der Waals surface area contributed by atoms with Gasteiger partial charge in [-0.3, -0.25) is 4.79 Å². The van der Waals surface area contributed by atoms with Crippen LogP contribution < -0.4 is 5.32 Å². The average molecular weight is 287 g/mol. The number of carbonyl (C=O) groups excluding carboxylic acids is 1. The molecule has 1 amide bonds. The maximum absolute atomic E-state index is 12.3. The van der Waals surface area contributed by atoms with Gasteiger partial charge in [-0.2, -0.15) is 0 Å². The van der Waals surface area contributed by atoms with Crippen LogP contribution in [0.15, 0.2) is 24.3 Å². The Labute approximate surface area is 126 Å². The van der Waals surface area contributed by atoms with Crippen LogP contribution in [0.4, 0.5) is 0 Å². The van der Waals surface area contributed by atoms with Crippen molar-refractivity contribution in [2.45, 2.75) is 56.9 Å².